The molecule has 3 N–H and O–H groups in total. The SMILES string of the molecule is CCCCOCCCNC(=NCC(C)(C)NS(C)(=O)=O)NCC.I. The second-order valence-corrected chi connectivity index (χ2v) is 7.95. The van der Waals surface area contributed by atoms with Crippen molar-refractivity contribution < 1.29 is 13.2 Å². The Morgan fingerprint density at radius 1 is 1.12 bits per heavy atom. The second-order valence-electron chi connectivity index (χ2n) is 6.20. The van der Waals surface area contributed by atoms with E-state index in [1.54, 1.807) is 0 Å². The molecule has 24 heavy (non-hydrogen) atoms. The van der Waals surface area contributed by atoms with Crippen LogP contribution in [0.25, 0.3) is 0 Å². The summed E-state index contributed by atoms with van der Waals surface area (Å²) in [6.07, 6.45) is 4.30. The minimum absolute atomic E-state index is 0. The van der Waals surface area contributed by atoms with E-state index >= 15 is 0 Å². The molecular formula is C15H35IN4O3S. The quantitative estimate of drug-likeness (QED) is 0.172. The number of sulfonamides is 1. The van der Waals surface area contributed by atoms with Gasteiger partial charge in [0.05, 0.1) is 12.8 Å². The third-order valence-corrected chi connectivity index (χ3v) is 3.76. The number of nitrogens with one attached hydrogen (secondary N) is 3. The molecule has 0 bridgehead atoms. The van der Waals surface area contributed by atoms with Crippen molar-refractivity contribution >= 4 is 40.0 Å². The maximum Gasteiger partial charge on any atom is 0.209 e. The molecule has 0 aromatic rings. The Hall–Kier alpha value is -0.130. The Morgan fingerprint density at radius 2 is 1.75 bits per heavy atom. The van der Waals surface area contributed by atoms with Crippen molar-refractivity contribution in [3.05, 3.63) is 0 Å². The molecule has 0 fully saturated rings. The minimum atomic E-state index is -3.25. The van der Waals surface area contributed by atoms with Gasteiger partial charge in [-0.05, 0) is 33.6 Å². The highest BCUT2D eigenvalue weighted by Gasteiger charge is 2.21. The van der Waals surface area contributed by atoms with Gasteiger partial charge >= 0.3 is 0 Å². The summed E-state index contributed by atoms with van der Waals surface area (Å²) in [5.74, 6) is 0.685. The smallest absolute Gasteiger partial charge is 0.209 e. The Kier molecular flexibility index (Phi) is 15.3. The zero-order chi connectivity index (χ0) is 17.8. The molecule has 0 saturated heterocycles. The summed E-state index contributed by atoms with van der Waals surface area (Å²) in [4.78, 5) is 4.44. The summed E-state index contributed by atoms with van der Waals surface area (Å²) in [5.41, 5.74) is -0.626. The van der Waals surface area contributed by atoms with Gasteiger partial charge in [0.1, 0.15) is 0 Å². The molecule has 9 heteroatoms. The van der Waals surface area contributed by atoms with Crippen molar-refractivity contribution in [2.45, 2.75) is 52.5 Å². The predicted octanol–water partition coefficient (Wildman–Crippen LogP) is 1.69. The van der Waals surface area contributed by atoms with Crippen LogP contribution >= 0.6 is 24.0 Å². The van der Waals surface area contributed by atoms with E-state index in [1.165, 1.54) is 0 Å². The molecule has 0 rings (SSSR count). The van der Waals surface area contributed by atoms with Gasteiger partial charge in [0.15, 0.2) is 5.96 Å². The lowest BCUT2D eigenvalue weighted by molar-refractivity contribution is 0.129. The lowest BCUT2D eigenvalue weighted by Gasteiger charge is -2.23. The van der Waals surface area contributed by atoms with Crippen LogP contribution < -0.4 is 15.4 Å². The zero-order valence-corrected chi connectivity index (χ0v) is 18.8. The first-order valence-electron chi connectivity index (χ1n) is 8.29. The number of nitrogens with zero attached hydrogens (tertiary/aromatic N) is 1. The van der Waals surface area contributed by atoms with Gasteiger partial charge in [-0.1, -0.05) is 13.3 Å². The zero-order valence-electron chi connectivity index (χ0n) is 15.6. The number of rotatable bonds is 12. The van der Waals surface area contributed by atoms with E-state index in [1.807, 2.05) is 20.8 Å². The Bertz CT molecular complexity index is 442. The molecule has 0 aliphatic heterocycles. The van der Waals surface area contributed by atoms with E-state index in [4.69, 9.17) is 4.74 Å². The fraction of sp³-hybridized carbons (Fsp3) is 0.933. The topological polar surface area (TPSA) is 91.8 Å². The summed E-state index contributed by atoms with van der Waals surface area (Å²) in [6.45, 7) is 11.2. The lowest BCUT2D eigenvalue weighted by atomic mass is 10.1. The predicted molar refractivity (Wildman–Crippen MR) is 112 cm³/mol. The monoisotopic (exact) mass is 478 g/mol. The standard InChI is InChI=1S/C15H34N4O3S.HI/c1-6-8-11-22-12-9-10-17-14(16-7-2)18-13-15(3,4)19-23(5,20)21;/h19H,6-13H2,1-5H3,(H2,16,17,18);1H. The third kappa shape index (κ3) is 16.7. The number of ether oxygens (including phenoxy) is 1. The normalized spacial score (nSPS) is 12.6. The van der Waals surface area contributed by atoms with Crippen molar-refractivity contribution in [2.24, 2.45) is 4.99 Å². The van der Waals surface area contributed by atoms with Gasteiger partial charge in [-0.15, -0.1) is 24.0 Å². The number of hydrogen-bond donors (Lipinski definition) is 3. The molecule has 0 heterocycles. The van der Waals surface area contributed by atoms with Crippen molar-refractivity contribution in [2.75, 3.05) is 39.1 Å². The molecule has 0 aliphatic rings. The molecule has 0 unspecified atom stereocenters. The molecule has 0 radical (unpaired) electrons. The van der Waals surface area contributed by atoms with Crippen LogP contribution in [0.4, 0.5) is 0 Å². The first kappa shape index (κ1) is 26.1. The van der Waals surface area contributed by atoms with E-state index in [0.717, 1.165) is 51.8 Å². The number of hydrogen-bond acceptors (Lipinski definition) is 4. The maximum atomic E-state index is 11.3. The van der Waals surface area contributed by atoms with Crippen molar-refractivity contribution in [1.29, 1.82) is 0 Å². The first-order valence-corrected chi connectivity index (χ1v) is 10.2. The number of halogens is 1. The highest BCUT2D eigenvalue weighted by atomic mass is 127. The molecule has 0 saturated carbocycles. The Balaban J connectivity index is 0. The average Bonchev–Trinajstić information content (AvgIpc) is 2.41. The molecule has 146 valence electrons. The van der Waals surface area contributed by atoms with Gasteiger partial charge in [-0.2, -0.15) is 0 Å². The molecule has 0 spiro atoms. The molecular weight excluding hydrogens is 443 g/mol. The fourth-order valence-corrected chi connectivity index (χ4v) is 2.95. The van der Waals surface area contributed by atoms with Crippen LogP contribution in [-0.4, -0.2) is 59.0 Å². The van der Waals surface area contributed by atoms with Crippen LogP contribution in [0.2, 0.25) is 0 Å². The van der Waals surface area contributed by atoms with E-state index < -0.39 is 15.6 Å². The third-order valence-electron chi connectivity index (χ3n) is 2.84. The Labute approximate surface area is 164 Å². The van der Waals surface area contributed by atoms with Crippen molar-refractivity contribution in [1.82, 2.24) is 15.4 Å². The molecule has 0 aromatic carbocycles. The first-order chi connectivity index (χ1) is 10.7. The van der Waals surface area contributed by atoms with Crippen LogP contribution in [0.5, 0.6) is 0 Å². The lowest BCUT2D eigenvalue weighted by Crippen LogP contribution is -2.46. The number of aliphatic imine (C=N–C) groups is 1. The van der Waals surface area contributed by atoms with E-state index in [-0.39, 0.29) is 24.0 Å². The van der Waals surface area contributed by atoms with Crippen LogP contribution in [0.15, 0.2) is 4.99 Å². The summed E-state index contributed by atoms with van der Waals surface area (Å²) < 4.78 is 30.7. The minimum Gasteiger partial charge on any atom is -0.381 e. The van der Waals surface area contributed by atoms with E-state index in [2.05, 4.69) is 27.3 Å². The van der Waals surface area contributed by atoms with Gasteiger partial charge in [-0.25, -0.2) is 13.1 Å². The fourth-order valence-electron chi connectivity index (χ4n) is 1.88. The largest absolute Gasteiger partial charge is 0.381 e. The summed E-state index contributed by atoms with van der Waals surface area (Å²) in [5, 5.41) is 6.38. The van der Waals surface area contributed by atoms with Gasteiger partial charge in [0.25, 0.3) is 0 Å². The molecule has 0 aromatic heterocycles. The van der Waals surface area contributed by atoms with Crippen LogP contribution in [0.1, 0.15) is 47.0 Å². The van der Waals surface area contributed by atoms with Crippen LogP contribution in [0, 0.1) is 0 Å². The van der Waals surface area contributed by atoms with Crippen LogP contribution in [0.3, 0.4) is 0 Å². The molecule has 0 aliphatic carbocycles. The van der Waals surface area contributed by atoms with E-state index in [0.29, 0.717) is 12.5 Å². The summed E-state index contributed by atoms with van der Waals surface area (Å²) in [7, 11) is -3.25. The van der Waals surface area contributed by atoms with E-state index in [9.17, 15) is 8.42 Å². The highest BCUT2D eigenvalue weighted by molar-refractivity contribution is 14.0. The van der Waals surface area contributed by atoms with Gasteiger partial charge in [0.2, 0.25) is 10.0 Å². The van der Waals surface area contributed by atoms with Crippen molar-refractivity contribution in [3.63, 3.8) is 0 Å². The summed E-state index contributed by atoms with van der Waals surface area (Å²) in [6, 6.07) is 0. The molecule has 7 nitrogen and oxygen atoms in total. The van der Waals surface area contributed by atoms with Gasteiger partial charge in [-0.3, -0.25) is 4.99 Å². The molecule has 0 amide bonds. The Morgan fingerprint density at radius 3 is 2.29 bits per heavy atom. The highest BCUT2D eigenvalue weighted by Crippen LogP contribution is 2.04. The van der Waals surface area contributed by atoms with Crippen LogP contribution in [-0.2, 0) is 14.8 Å². The van der Waals surface area contributed by atoms with Crippen molar-refractivity contribution in [3.8, 4) is 0 Å². The number of unbranched alkanes of at least 4 members (excludes halogenated alkanes) is 1. The maximum absolute atomic E-state index is 11.3. The van der Waals surface area contributed by atoms with Gasteiger partial charge < -0.3 is 15.4 Å². The second kappa shape index (κ2) is 14.1. The summed E-state index contributed by atoms with van der Waals surface area (Å²) >= 11 is 0. The number of guanidine groups is 1. The molecule has 0 atom stereocenters. The average molecular weight is 478 g/mol. The van der Waals surface area contributed by atoms with Gasteiger partial charge in [0, 0.05) is 31.8 Å².